The van der Waals surface area contributed by atoms with Gasteiger partial charge in [-0.25, -0.2) is 0 Å². The third-order valence-electron chi connectivity index (χ3n) is 7.53. The molecule has 5 aromatic rings. The average Bonchev–Trinajstić information content (AvgIpc) is 2.95. The Morgan fingerprint density at radius 1 is 0.436 bits per heavy atom. The van der Waals surface area contributed by atoms with Crippen LogP contribution in [0.1, 0.15) is 56.6 Å². The van der Waals surface area contributed by atoms with Gasteiger partial charge in [0.2, 0.25) is 0 Å². The molecule has 3 heteroatoms. The molecule has 0 fully saturated rings. The van der Waals surface area contributed by atoms with Crippen molar-refractivity contribution < 1.29 is 0 Å². The van der Waals surface area contributed by atoms with Crippen LogP contribution in [0.15, 0.2) is 115 Å². The zero-order chi connectivity index (χ0) is 27.4. The summed E-state index contributed by atoms with van der Waals surface area (Å²) in [6, 6.07) is 41.5. The number of anilines is 2. The molecule has 0 saturated heterocycles. The number of rotatable bonds is 8. The molecule has 2 atom stereocenters. The summed E-state index contributed by atoms with van der Waals surface area (Å²) in [4.78, 5) is 0. The molecule has 5 rings (SSSR count). The fraction of sp³-hybridized carbons (Fsp3) is 0.167. The molecule has 39 heavy (non-hydrogen) atoms. The van der Waals surface area contributed by atoms with Gasteiger partial charge in [0.1, 0.15) is 0 Å². The van der Waals surface area contributed by atoms with E-state index in [1.807, 2.05) is 0 Å². The standard InChI is InChI=1S/C36H35N2.Sb/c1-25-14-11-15-26(2)33(25)37-35(29-18-7-5-8-19-29)31-22-13-23-32(24-31)36(30-20-9-6-10-21-30)38-34-27(3)16-12-17-28(34)4;/h5-23,35-38H,1-4H3;. The summed E-state index contributed by atoms with van der Waals surface area (Å²) in [5.41, 5.74) is 12.6. The van der Waals surface area contributed by atoms with Crippen molar-refractivity contribution >= 4 is 37.9 Å². The molecule has 0 aliphatic carbocycles. The molecule has 0 saturated carbocycles. The van der Waals surface area contributed by atoms with Crippen LogP contribution in [0.4, 0.5) is 11.4 Å². The topological polar surface area (TPSA) is 24.1 Å². The second-order valence-electron chi connectivity index (χ2n) is 10.3. The number of aryl methyl sites for hydroxylation is 4. The Balaban J connectivity index is 1.65. The van der Waals surface area contributed by atoms with Gasteiger partial charge in [0.25, 0.3) is 0 Å². The van der Waals surface area contributed by atoms with E-state index >= 15 is 0 Å². The van der Waals surface area contributed by atoms with Gasteiger partial charge in [0.05, 0.1) is 0 Å². The summed E-state index contributed by atoms with van der Waals surface area (Å²) in [7, 11) is 0. The molecule has 0 aliphatic heterocycles. The van der Waals surface area contributed by atoms with E-state index in [0.717, 1.165) is 0 Å². The Labute approximate surface area is 247 Å². The van der Waals surface area contributed by atoms with Crippen molar-refractivity contribution in [3.63, 3.8) is 0 Å². The molecule has 0 heterocycles. The van der Waals surface area contributed by atoms with E-state index in [-0.39, 0.29) is 12.1 Å². The van der Waals surface area contributed by atoms with Gasteiger partial charge in [0, 0.05) is 0 Å². The fourth-order valence-corrected chi connectivity index (χ4v) is 6.55. The molecule has 5 aromatic carbocycles. The predicted octanol–water partition coefficient (Wildman–Crippen LogP) is 8.12. The molecule has 0 spiro atoms. The van der Waals surface area contributed by atoms with Crippen LogP contribution in [0.25, 0.3) is 0 Å². The fourth-order valence-electron chi connectivity index (χ4n) is 5.39. The normalized spacial score (nSPS) is 12.5. The molecule has 2 radical (unpaired) electrons. The molecule has 0 bridgehead atoms. The van der Waals surface area contributed by atoms with Gasteiger partial charge in [-0.3, -0.25) is 0 Å². The van der Waals surface area contributed by atoms with Crippen molar-refractivity contribution in [2.24, 2.45) is 0 Å². The van der Waals surface area contributed by atoms with Gasteiger partial charge in [-0.05, 0) is 0 Å². The van der Waals surface area contributed by atoms with E-state index in [1.54, 1.807) is 23.0 Å². The first-order valence-corrected chi connectivity index (χ1v) is 14.8. The van der Waals surface area contributed by atoms with E-state index in [1.165, 1.54) is 59.4 Å². The van der Waals surface area contributed by atoms with Gasteiger partial charge in [-0.1, -0.05) is 0 Å². The molecule has 0 amide bonds. The quantitative estimate of drug-likeness (QED) is 0.172. The van der Waals surface area contributed by atoms with E-state index in [4.69, 9.17) is 0 Å². The van der Waals surface area contributed by atoms with Crippen molar-refractivity contribution in [2.75, 3.05) is 10.6 Å². The van der Waals surface area contributed by atoms with E-state index in [2.05, 4.69) is 154 Å². The summed E-state index contributed by atoms with van der Waals surface area (Å²) < 4.78 is 1.34. The summed E-state index contributed by atoms with van der Waals surface area (Å²) in [5.74, 6) is 0. The van der Waals surface area contributed by atoms with Crippen LogP contribution in [-0.2, 0) is 0 Å². The molecule has 2 nitrogen and oxygen atoms in total. The number of nitrogens with one attached hydrogen (secondary N) is 2. The second-order valence-corrected chi connectivity index (χ2v) is 11.6. The van der Waals surface area contributed by atoms with Crippen LogP contribution in [0, 0.1) is 27.7 Å². The molecular formula is C36H35N2Sb. The van der Waals surface area contributed by atoms with Gasteiger partial charge in [0.15, 0.2) is 0 Å². The van der Waals surface area contributed by atoms with Crippen molar-refractivity contribution in [1.29, 1.82) is 0 Å². The number of benzene rings is 5. The third-order valence-corrected chi connectivity index (χ3v) is 9.00. The van der Waals surface area contributed by atoms with Crippen molar-refractivity contribution in [2.45, 2.75) is 39.8 Å². The Morgan fingerprint density at radius 2 is 0.769 bits per heavy atom. The van der Waals surface area contributed by atoms with Gasteiger partial charge >= 0.3 is 248 Å². The zero-order valence-electron chi connectivity index (χ0n) is 23.1. The average molecular weight is 617 g/mol. The first-order chi connectivity index (χ1) is 18.9. The Hall–Kier alpha value is -3.48. The van der Waals surface area contributed by atoms with Crippen LogP contribution in [0.5, 0.6) is 0 Å². The minimum absolute atomic E-state index is 0.0288. The summed E-state index contributed by atoms with van der Waals surface area (Å²) in [6.07, 6.45) is 0. The molecule has 0 aliphatic rings. The Bertz CT molecular complexity index is 1400. The van der Waals surface area contributed by atoms with E-state index < -0.39 is 0 Å². The molecule has 2 N–H and O–H groups in total. The summed E-state index contributed by atoms with van der Waals surface area (Å²) in [6.45, 7) is 8.74. The number of hydrogen-bond acceptors (Lipinski definition) is 2. The maximum absolute atomic E-state index is 3.95. The summed E-state index contributed by atoms with van der Waals surface area (Å²) in [5, 5.41) is 7.90. The SMILES string of the molecule is Cc1cccc(C)c1NC(c1ccccc1)c1cccc(C(Nc2c(C)cccc2C)c2ccccc2)[c]1[Sb]. The molecule has 194 valence electrons. The zero-order valence-corrected chi connectivity index (χ0v) is 25.6. The van der Waals surface area contributed by atoms with Crippen LogP contribution in [-0.4, -0.2) is 23.0 Å². The minimum atomic E-state index is 0.0288. The molecule has 0 aromatic heterocycles. The Morgan fingerprint density at radius 3 is 1.13 bits per heavy atom. The van der Waals surface area contributed by atoms with Crippen molar-refractivity contribution in [3.05, 3.63) is 160 Å². The van der Waals surface area contributed by atoms with Crippen molar-refractivity contribution in [1.82, 2.24) is 0 Å². The van der Waals surface area contributed by atoms with Crippen LogP contribution < -0.4 is 14.1 Å². The van der Waals surface area contributed by atoms with Gasteiger partial charge < -0.3 is 0 Å². The summed E-state index contributed by atoms with van der Waals surface area (Å²) >= 11 is 1.79. The second kappa shape index (κ2) is 12.1. The predicted molar refractivity (Wildman–Crippen MR) is 167 cm³/mol. The molecule has 2 unspecified atom stereocenters. The van der Waals surface area contributed by atoms with Crippen LogP contribution in [0.2, 0.25) is 0 Å². The third kappa shape index (κ3) is 5.92. The first kappa shape index (κ1) is 27.1. The number of hydrogen-bond donors (Lipinski definition) is 2. The maximum atomic E-state index is 3.95. The Kier molecular flexibility index (Phi) is 8.44. The van der Waals surface area contributed by atoms with Gasteiger partial charge in [-0.15, -0.1) is 0 Å². The monoisotopic (exact) mass is 616 g/mol. The first-order valence-electron chi connectivity index (χ1n) is 13.5. The van der Waals surface area contributed by atoms with E-state index in [0.29, 0.717) is 0 Å². The number of para-hydroxylation sites is 2. The van der Waals surface area contributed by atoms with Crippen LogP contribution >= 0.6 is 0 Å². The van der Waals surface area contributed by atoms with Crippen molar-refractivity contribution in [3.8, 4) is 0 Å². The molecular weight excluding hydrogens is 582 g/mol. The van der Waals surface area contributed by atoms with Crippen LogP contribution in [0.3, 0.4) is 0 Å². The van der Waals surface area contributed by atoms with Gasteiger partial charge in [-0.2, -0.15) is 0 Å². The van der Waals surface area contributed by atoms with E-state index in [9.17, 15) is 0 Å².